The minimum Gasteiger partial charge on any atom is -0.465 e. The van der Waals surface area contributed by atoms with Crippen LogP contribution in [0.5, 0.6) is 5.75 Å². The van der Waals surface area contributed by atoms with E-state index in [1.54, 1.807) is 18.2 Å². The third-order valence-electron chi connectivity index (χ3n) is 3.46. The number of alkyl halides is 3. The van der Waals surface area contributed by atoms with Gasteiger partial charge in [0.1, 0.15) is 5.75 Å². The minimum absolute atomic E-state index is 0.300. The Bertz CT molecular complexity index is 978. The maximum absolute atomic E-state index is 12.2. The van der Waals surface area contributed by atoms with Crippen LogP contribution in [0.3, 0.4) is 0 Å². The molecule has 0 unspecified atom stereocenters. The molecule has 0 fully saturated rings. The number of esters is 1. The predicted octanol–water partition coefficient (Wildman–Crippen LogP) is 5.26. The summed E-state index contributed by atoms with van der Waals surface area (Å²) in [5, 5.41) is 11.6. The van der Waals surface area contributed by atoms with E-state index in [0.29, 0.717) is 26.5 Å². The van der Waals surface area contributed by atoms with Gasteiger partial charge >= 0.3 is 12.3 Å². The molecule has 0 saturated heterocycles. The second-order valence-electron chi connectivity index (χ2n) is 5.55. The Morgan fingerprint density at radius 2 is 1.93 bits per heavy atom. The number of hydrogen-bond donors (Lipinski definition) is 1. The molecule has 0 saturated carbocycles. The zero-order valence-electron chi connectivity index (χ0n) is 14.9. The second-order valence-corrected chi connectivity index (χ2v) is 7.75. The van der Waals surface area contributed by atoms with Crippen molar-refractivity contribution in [3.63, 3.8) is 0 Å². The van der Waals surface area contributed by atoms with Crippen LogP contribution in [-0.2, 0) is 10.5 Å². The zero-order chi connectivity index (χ0) is 20.9. The van der Waals surface area contributed by atoms with E-state index in [0.717, 1.165) is 5.56 Å². The molecule has 6 nitrogen and oxygen atoms in total. The number of nitrogens with one attached hydrogen (secondary N) is 1. The number of hydrogen-bond acceptors (Lipinski definition) is 8. The SMILES string of the molecule is COC(=O)c1cccc(CSc2nnc(Nc3ccc(OC(F)(F)F)cc3)s2)c1. The maximum Gasteiger partial charge on any atom is 0.573 e. The molecule has 11 heteroatoms. The fourth-order valence-electron chi connectivity index (χ4n) is 2.23. The number of rotatable bonds is 7. The van der Waals surface area contributed by atoms with Crippen molar-refractivity contribution in [2.24, 2.45) is 0 Å². The molecule has 0 spiro atoms. The number of benzene rings is 2. The van der Waals surface area contributed by atoms with Gasteiger partial charge < -0.3 is 14.8 Å². The molecule has 3 aromatic rings. The van der Waals surface area contributed by atoms with Crippen molar-refractivity contribution in [3.8, 4) is 5.75 Å². The average Bonchev–Trinajstić information content (AvgIpc) is 3.14. The third-order valence-corrected chi connectivity index (χ3v) is 5.50. The van der Waals surface area contributed by atoms with Gasteiger partial charge in [0, 0.05) is 11.4 Å². The van der Waals surface area contributed by atoms with E-state index in [1.165, 1.54) is 54.5 Å². The Labute approximate surface area is 172 Å². The summed E-state index contributed by atoms with van der Waals surface area (Å²) in [4.78, 5) is 11.6. The van der Waals surface area contributed by atoms with Crippen molar-refractivity contribution in [3.05, 3.63) is 59.7 Å². The highest BCUT2D eigenvalue weighted by Crippen LogP contribution is 2.31. The molecule has 1 N–H and O–H groups in total. The molecule has 0 bridgehead atoms. The first-order chi connectivity index (χ1) is 13.8. The summed E-state index contributed by atoms with van der Waals surface area (Å²) in [7, 11) is 1.33. The highest BCUT2D eigenvalue weighted by atomic mass is 32.2. The van der Waals surface area contributed by atoms with Crippen molar-refractivity contribution in [2.75, 3.05) is 12.4 Å². The predicted molar refractivity (Wildman–Crippen MR) is 104 cm³/mol. The Morgan fingerprint density at radius 1 is 1.17 bits per heavy atom. The highest BCUT2D eigenvalue weighted by molar-refractivity contribution is 8.00. The van der Waals surface area contributed by atoms with Crippen LogP contribution in [0.1, 0.15) is 15.9 Å². The molecular formula is C18H14F3N3O3S2. The van der Waals surface area contributed by atoms with E-state index in [4.69, 9.17) is 4.74 Å². The molecule has 0 radical (unpaired) electrons. The van der Waals surface area contributed by atoms with Gasteiger partial charge in [-0.3, -0.25) is 0 Å². The Kier molecular flexibility index (Phi) is 6.60. The van der Waals surface area contributed by atoms with Gasteiger partial charge in [-0.05, 0) is 42.0 Å². The quantitative estimate of drug-likeness (QED) is 0.396. The van der Waals surface area contributed by atoms with E-state index in [9.17, 15) is 18.0 Å². The number of methoxy groups -OCH3 is 1. The molecular weight excluding hydrogens is 427 g/mol. The lowest BCUT2D eigenvalue weighted by molar-refractivity contribution is -0.274. The largest absolute Gasteiger partial charge is 0.573 e. The Morgan fingerprint density at radius 3 is 2.62 bits per heavy atom. The van der Waals surface area contributed by atoms with Crippen molar-refractivity contribution >= 4 is 39.9 Å². The number of aromatic nitrogens is 2. The lowest BCUT2D eigenvalue weighted by Crippen LogP contribution is -2.16. The molecule has 0 amide bonds. The number of ether oxygens (including phenoxy) is 2. The number of carbonyl (C=O) groups excluding carboxylic acids is 1. The number of thioether (sulfide) groups is 1. The second kappa shape index (κ2) is 9.14. The van der Waals surface area contributed by atoms with Crippen molar-refractivity contribution in [1.82, 2.24) is 10.2 Å². The summed E-state index contributed by atoms with van der Waals surface area (Å²) in [6, 6.07) is 12.4. The molecule has 3 rings (SSSR count). The first kappa shape index (κ1) is 20.9. The lowest BCUT2D eigenvalue weighted by Gasteiger charge is -2.09. The lowest BCUT2D eigenvalue weighted by atomic mass is 10.1. The standard InChI is InChI=1S/C18H14F3N3O3S2/c1-26-15(25)12-4-2-3-11(9-12)10-28-17-24-23-16(29-17)22-13-5-7-14(8-6-13)27-18(19,20)21/h2-9H,10H2,1H3,(H,22,23). The van der Waals surface area contributed by atoms with Crippen LogP contribution >= 0.6 is 23.1 Å². The minimum atomic E-state index is -4.73. The topological polar surface area (TPSA) is 73.3 Å². The van der Waals surface area contributed by atoms with Crippen molar-refractivity contribution < 1.29 is 27.4 Å². The molecule has 0 aliphatic carbocycles. The molecule has 1 heterocycles. The number of anilines is 2. The Balaban J connectivity index is 1.56. The van der Waals surface area contributed by atoms with Crippen LogP contribution in [0.4, 0.5) is 24.0 Å². The third kappa shape index (κ3) is 6.36. The van der Waals surface area contributed by atoms with Gasteiger partial charge in [0.05, 0.1) is 12.7 Å². The van der Waals surface area contributed by atoms with E-state index < -0.39 is 12.3 Å². The summed E-state index contributed by atoms with van der Waals surface area (Å²) in [6.07, 6.45) is -4.73. The van der Waals surface area contributed by atoms with Crippen LogP contribution in [0.2, 0.25) is 0 Å². The van der Waals surface area contributed by atoms with Gasteiger partial charge in [-0.1, -0.05) is 35.2 Å². The normalized spacial score (nSPS) is 11.2. The van der Waals surface area contributed by atoms with Crippen molar-refractivity contribution in [2.45, 2.75) is 16.5 Å². The smallest absolute Gasteiger partial charge is 0.465 e. The first-order valence-corrected chi connectivity index (χ1v) is 9.89. The average molecular weight is 441 g/mol. The van der Waals surface area contributed by atoms with E-state index >= 15 is 0 Å². The van der Waals surface area contributed by atoms with Crippen LogP contribution < -0.4 is 10.1 Å². The fraction of sp³-hybridized carbons (Fsp3) is 0.167. The fourth-order valence-corrected chi connectivity index (χ4v) is 3.95. The van der Waals surface area contributed by atoms with Crippen LogP contribution in [0, 0.1) is 0 Å². The summed E-state index contributed by atoms with van der Waals surface area (Å²) < 4.78 is 45.8. The molecule has 152 valence electrons. The number of carbonyl (C=O) groups is 1. The van der Waals surface area contributed by atoms with Gasteiger partial charge in [0.25, 0.3) is 0 Å². The summed E-state index contributed by atoms with van der Waals surface area (Å²) in [5.41, 5.74) is 1.96. The Hall–Kier alpha value is -2.79. The van der Waals surface area contributed by atoms with E-state index in [-0.39, 0.29) is 5.75 Å². The number of halogens is 3. The highest BCUT2D eigenvalue weighted by Gasteiger charge is 2.30. The van der Waals surface area contributed by atoms with Gasteiger partial charge in [0.15, 0.2) is 4.34 Å². The summed E-state index contributed by atoms with van der Waals surface area (Å²) in [6.45, 7) is 0. The van der Waals surface area contributed by atoms with Gasteiger partial charge in [0.2, 0.25) is 5.13 Å². The van der Waals surface area contributed by atoms with Gasteiger partial charge in [-0.25, -0.2) is 4.79 Å². The van der Waals surface area contributed by atoms with E-state index in [1.807, 2.05) is 6.07 Å². The van der Waals surface area contributed by atoms with Crippen LogP contribution in [-0.4, -0.2) is 29.6 Å². The molecule has 2 aromatic carbocycles. The van der Waals surface area contributed by atoms with Crippen molar-refractivity contribution in [1.29, 1.82) is 0 Å². The molecule has 29 heavy (non-hydrogen) atoms. The molecule has 0 aliphatic rings. The first-order valence-electron chi connectivity index (χ1n) is 8.09. The van der Waals surface area contributed by atoms with Gasteiger partial charge in [-0.15, -0.1) is 23.4 Å². The molecule has 0 aliphatic heterocycles. The number of nitrogens with zero attached hydrogens (tertiary/aromatic N) is 2. The molecule has 0 atom stereocenters. The van der Waals surface area contributed by atoms with E-state index in [2.05, 4.69) is 20.3 Å². The summed E-state index contributed by atoms with van der Waals surface area (Å²) in [5.74, 6) is -0.111. The monoisotopic (exact) mass is 441 g/mol. The van der Waals surface area contributed by atoms with Crippen LogP contribution in [0.25, 0.3) is 0 Å². The van der Waals surface area contributed by atoms with Gasteiger partial charge in [-0.2, -0.15) is 0 Å². The summed E-state index contributed by atoms with van der Waals surface area (Å²) >= 11 is 2.75. The maximum atomic E-state index is 12.2. The zero-order valence-corrected chi connectivity index (χ0v) is 16.5. The van der Waals surface area contributed by atoms with Crippen LogP contribution in [0.15, 0.2) is 52.9 Å². The molecule has 1 aromatic heterocycles.